The van der Waals surface area contributed by atoms with E-state index in [1.807, 2.05) is 31.2 Å². The Morgan fingerprint density at radius 3 is 2.39 bits per heavy atom. The molecule has 0 spiro atoms. The van der Waals surface area contributed by atoms with Crippen LogP contribution < -0.4 is 9.62 Å². The highest BCUT2D eigenvalue weighted by molar-refractivity contribution is 14.1. The first-order chi connectivity index (χ1) is 15.5. The fraction of sp³-hybridized carbons (Fsp3) is 0.391. The van der Waals surface area contributed by atoms with E-state index < -0.39 is 28.5 Å². The molecule has 10 heteroatoms. The second-order valence-corrected chi connectivity index (χ2v) is 11.8. The molecule has 0 aliphatic heterocycles. The number of carbonyl (C=O) groups excluding carboxylic acids is 2. The molecule has 1 atom stereocenters. The van der Waals surface area contributed by atoms with E-state index in [1.54, 1.807) is 31.2 Å². The summed E-state index contributed by atoms with van der Waals surface area (Å²) in [5.41, 5.74) is 1.22. The Kier molecular flexibility index (Phi) is 10.6. The molecule has 0 radical (unpaired) electrons. The fourth-order valence-corrected chi connectivity index (χ4v) is 4.83. The third-order valence-corrected chi connectivity index (χ3v) is 7.39. The molecule has 0 aliphatic rings. The van der Waals surface area contributed by atoms with Crippen LogP contribution in [0.25, 0.3) is 0 Å². The second-order valence-electron chi connectivity index (χ2n) is 7.72. The van der Waals surface area contributed by atoms with Crippen LogP contribution in [-0.2, 0) is 26.2 Å². The number of amides is 2. The molecule has 2 amide bonds. The SMILES string of the molecule is CCCCNC(=O)[C@H](C)N(Cc1cccc(Br)c1)C(=O)CN(c1ccc(I)cc1)S(C)(=O)=O. The molecule has 180 valence electrons. The van der Waals surface area contributed by atoms with Crippen LogP contribution in [0.4, 0.5) is 5.69 Å². The summed E-state index contributed by atoms with van der Waals surface area (Å²) in [5.74, 6) is -0.732. The fourth-order valence-electron chi connectivity index (χ4n) is 3.17. The third kappa shape index (κ3) is 8.56. The Balaban J connectivity index is 2.33. The van der Waals surface area contributed by atoms with Gasteiger partial charge in [0.1, 0.15) is 12.6 Å². The van der Waals surface area contributed by atoms with Gasteiger partial charge in [0.2, 0.25) is 21.8 Å². The minimum atomic E-state index is -3.73. The third-order valence-electron chi connectivity index (χ3n) is 5.03. The zero-order valence-electron chi connectivity index (χ0n) is 18.9. The average molecular weight is 650 g/mol. The minimum absolute atomic E-state index is 0.172. The Hall–Kier alpha value is -1.66. The Labute approximate surface area is 218 Å². The lowest BCUT2D eigenvalue weighted by molar-refractivity contribution is -0.139. The van der Waals surface area contributed by atoms with Crippen LogP contribution in [0.2, 0.25) is 0 Å². The van der Waals surface area contributed by atoms with Crippen molar-refractivity contribution < 1.29 is 18.0 Å². The molecule has 2 rings (SSSR count). The van der Waals surface area contributed by atoms with Crippen molar-refractivity contribution in [1.29, 1.82) is 0 Å². The molecule has 0 unspecified atom stereocenters. The van der Waals surface area contributed by atoms with E-state index in [0.717, 1.165) is 37.0 Å². The molecule has 0 saturated carbocycles. The molecular weight excluding hydrogens is 621 g/mol. The summed E-state index contributed by atoms with van der Waals surface area (Å²) in [5, 5.41) is 2.86. The minimum Gasteiger partial charge on any atom is -0.354 e. The normalized spacial score (nSPS) is 12.2. The van der Waals surface area contributed by atoms with Gasteiger partial charge in [-0.15, -0.1) is 0 Å². The summed E-state index contributed by atoms with van der Waals surface area (Å²) in [6.45, 7) is 3.98. The lowest BCUT2D eigenvalue weighted by atomic mass is 10.1. The van der Waals surface area contributed by atoms with Crippen molar-refractivity contribution in [2.24, 2.45) is 0 Å². The van der Waals surface area contributed by atoms with Crippen LogP contribution >= 0.6 is 38.5 Å². The molecule has 1 N–H and O–H groups in total. The molecule has 0 aromatic heterocycles. The number of benzene rings is 2. The monoisotopic (exact) mass is 649 g/mol. The number of anilines is 1. The van der Waals surface area contributed by atoms with E-state index in [9.17, 15) is 18.0 Å². The zero-order valence-corrected chi connectivity index (χ0v) is 23.5. The van der Waals surface area contributed by atoms with Gasteiger partial charge in [-0.1, -0.05) is 41.4 Å². The van der Waals surface area contributed by atoms with Gasteiger partial charge in [-0.3, -0.25) is 13.9 Å². The Morgan fingerprint density at radius 2 is 1.82 bits per heavy atom. The van der Waals surface area contributed by atoms with Crippen molar-refractivity contribution >= 4 is 66.0 Å². The summed E-state index contributed by atoms with van der Waals surface area (Å²) in [7, 11) is -3.73. The van der Waals surface area contributed by atoms with Crippen LogP contribution in [0.3, 0.4) is 0 Å². The molecule has 2 aromatic carbocycles. The van der Waals surface area contributed by atoms with E-state index in [2.05, 4.69) is 43.8 Å². The molecule has 0 saturated heterocycles. The van der Waals surface area contributed by atoms with Crippen molar-refractivity contribution in [1.82, 2.24) is 10.2 Å². The molecular formula is C23H29BrIN3O4S. The molecule has 0 heterocycles. The van der Waals surface area contributed by atoms with Crippen LogP contribution in [0.1, 0.15) is 32.3 Å². The molecule has 7 nitrogen and oxygen atoms in total. The van der Waals surface area contributed by atoms with Crippen molar-refractivity contribution in [2.45, 2.75) is 39.3 Å². The van der Waals surface area contributed by atoms with Crippen LogP contribution in [0, 0.1) is 3.57 Å². The van der Waals surface area contributed by atoms with E-state index in [1.165, 1.54) is 4.90 Å². The quantitative estimate of drug-likeness (QED) is 0.293. The standard InChI is InChI=1S/C23H29BrIN3O4S/c1-4-5-13-26-23(30)17(2)27(15-18-7-6-8-19(24)14-18)22(29)16-28(33(3,31)32)21-11-9-20(25)10-12-21/h6-12,14,17H,4-5,13,15-16H2,1-3H3,(H,26,30)/t17-/m0/s1. The number of rotatable bonds is 11. The maximum absolute atomic E-state index is 13.4. The predicted molar refractivity (Wildman–Crippen MR) is 143 cm³/mol. The van der Waals surface area contributed by atoms with Gasteiger partial charge in [0.05, 0.1) is 11.9 Å². The number of unbranched alkanes of at least 4 members (excludes halogenated alkanes) is 1. The zero-order chi connectivity index (χ0) is 24.6. The Morgan fingerprint density at radius 1 is 1.15 bits per heavy atom. The number of sulfonamides is 1. The first kappa shape index (κ1) is 27.6. The second kappa shape index (κ2) is 12.7. The van der Waals surface area contributed by atoms with E-state index in [0.29, 0.717) is 12.2 Å². The van der Waals surface area contributed by atoms with E-state index in [4.69, 9.17) is 0 Å². The topological polar surface area (TPSA) is 86.8 Å². The highest BCUT2D eigenvalue weighted by Gasteiger charge is 2.30. The van der Waals surface area contributed by atoms with Crippen molar-refractivity contribution in [3.63, 3.8) is 0 Å². The lowest BCUT2D eigenvalue weighted by Gasteiger charge is -2.31. The smallest absolute Gasteiger partial charge is 0.244 e. The van der Waals surface area contributed by atoms with Crippen molar-refractivity contribution in [3.8, 4) is 0 Å². The number of nitrogens with one attached hydrogen (secondary N) is 1. The number of hydrogen-bond acceptors (Lipinski definition) is 4. The first-order valence-corrected chi connectivity index (χ1v) is 14.3. The summed E-state index contributed by atoms with van der Waals surface area (Å²) in [6.07, 6.45) is 2.85. The Bertz CT molecular complexity index is 1060. The van der Waals surface area contributed by atoms with Crippen molar-refractivity contribution in [2.75, 3.05) is 23.7 Å². The van der Waals surface area contributed by atoms with Gasteiger partial charge < -0.3 is 10.2 Å². The number of carbonyl (C=O) groups is 2. The van der Waals surface area contributed by atoms with Gasteiger partial charge in [-0.05, 0) is 77.9 Å². The average Bonchev–Trinajstić information content (AvgIpc) is 2.75. The maximum atomic E-state index is 13.4. The van der Waals surface area contributed by atoms with Crippen LogP contribution in [0.5, 0.6) is 0 Å². The van der Waals surface area contributed by atoms with Crippen LogP contribution in [-0.4, -0.2) is 50.5 Å². The van der Waals surface area contributed by atoms with E-state index >= 15 is 0 Å². The molecule has 33 heavy (non-hydrogen) atoms. The number of nitrogens with zero attached hydrogens (tertiary/aromatic N) is 2. The van der Waals surface area contributed by atoms with Crippen molar-refractivity contribution in [3.05, 3.63) is 62.1 Å². The van der Waals surface area contributed by atoms with Gasteiger partial charge in [-0.25, -0.2) is 8.42 Å². The van der Waals surface area contributed by atoms with Gasteiger partial charge in [0, 0.05) is 21.1 Å². The van der Waals surface area contributed by atoms with Gasteiger partial charge in [-0.2, -0.15) is 0 Å². The summed E-state index contributed by atoms with van der Waals surface area (Å²) in [6, 6.07) is 13.6. The molecule has 0 fully saturated rings. The molecule has 2 aromatic rings. The highest BCUT2D eigenvalue weighted by atomic mass is 127. The largest absolute Gasteiger partial charge is 0.354 e. The summed E-state index contributed by atoms with van der Waals surface area (Å²) < 4.78 is 27.9. The number of halogens is 2. The summed E-state index contributed by atoms with van der Waals surface area (Å²) >= 11 is 5.56. The van der Waals surface area contributed by atoms with Crippen LogP contribution in [0.15, 0.2) is 53.0 Å². The first-order valence-electron chi connectivity index (χ1n) is 10.6. The van der Waals surface area contributed by atoms with E-state index in [-0.39, 0.29) is 12.5 Å². The van der Waals surface area contributed by atoms with Gasteiger partial charge in [0.15, 0.2) is 0 Å². The lowest BCUT2D eigenvalue weighted by Crippen LogP contribution is -2.51. The predicted octanol–water partition coefficient (Wildman–Crippen LogP) is 4.15. The highest BCUT2D eigenvalue weighted by Crippen LogP contribution is 2.21. The summed E-state index contributed by atoms with van der Waals surface area (Å²) in [4.78, 5) is 27.6. The molecule has 0 aliphatic carbocycles. The number of hydrogen-bond donors (Lipinski definition) is 1. The van der Waals surface area contributed by atoms with Gasteiger partial charge in [0.25, 0.3) is 0 Å². The maximum Gasteiger partial charge on any atom is 0.244 e. The van der Waals surface area contributed by atoms with Gasteiger partial charge >= 0.3 is 0 Å². The molecule has 0 bridgehead atoms.